The van der Waals surface area contributed by atoms with Crippen LogP contribution in [0.15, 0.2) is 52.2 Å². The Kier molecular flexibility index (Phi) is 6.70. The molecule has 0 aliphatic carbocycles. The molecule has 1 fully saturated rings. The zero-order valence-electron chi connectivity index (χ0n) is 17.4. The van der Waals surface area contributed by atoms with Crippen LogP contribution in [0, 0.1) is 0 Å². The van der Waals surface area contributed by atoms with Gasteiger partial charge in [-0.3, -0.25) is 14.5 Å². The van der Waals surface area contributed by atoms with E-state index in [0.717, 1.165) is 11.3 Å². The molecule has 2 aliphatic heterocycles. The maximum Gasteiger partial charge on any atom is 0.257 e. The number of carbonyl (C=O) groups is 2. The van der Waals surface area contributed by atoms with Crippen LogP contribution in [-0.4, -0.2) is 78.8 Å². The Bertz CT molecular complexity index is 939. The van der Waals surface area contributed by atoms with Gasteiger partial charge >= 0.3 is 0 Å². The van der Waals surface area contributed by atoms with E-state index in [1.165, 1.54) is 5.01 Å². The molecule has 0 saturated carbocycles. The Morgan fingerprint density at radius 1 is 1.13 bits per heavy atom. The fourth-order valence-electron chi connectivity index (χ4n) is 3.76. The summed E-state index contributed by atoms with van der Waals surface area (Å²) in [6, 6.07) is 10.7. The topological polar surface area (TPSA) is 78.6 Å². The second-order valence-corrected chi connectivity index (χ2v) is 8.13. The van der Waals surface area contributed by atoms with E-state index in [2.05, 4.69) is 5.10 Å². The molecule has 0 radical (unpaired) electrons. The van der Waals surface area contributed by atoms with Gasteiger partial charge in [0.05, 0.1) is 38.3 Å². The second-order valence-electron chi connectivity index (χ2n) is 7.69. The molecule has 9 heteroatoms. The summed E-state index contributed by atoms with van der Waals surface area (Å²) in [5.74, 6) is 0.476. The summed E-state index contributed by atoms with van der Waals surface area (Å²) in [6.45, 7) is 2.51. The average Bonchev–Trinajstić information content (AvgIpc) is 3.45. The molecular weight excluding hydrogens is 420 g/mol. The van der Waals surface area contributed by atoms with Crippen LogP contribution in [0.1, 0.15) is 23.8 Å². The molecule has 2 aliphatic rings. The largest absolute Gasteiger partial charge is 0.467 e. The van der Waals surface area contributed by atoms with Crippen LogP contribution in [0.25, 0.3) is 0 Å². The van der Waals surface area contributed by atoms with Gasteiger partial charge in [0.1, 0.15) is 11.8 Å². The SMILES string of the molecule is CN(CC(=O)N1CCOCC1)CC(=O)N1N=C(c2ccc(Cl)cc2)C[C@@H]1c1ccco1. The molecule has 0 N–H and O–H groups in total. The number of morpholine rings is 1. The van der Waals surface area contributed by atoms with Crippen molar-refractivity contribution in [3.63, 3.8) is 0 Å². The lowest BCUT2D eigenvalue weighted by molar-refractivity contribution is -0.138. The molecule has 2 amide bonds. The van der Waals surface area contributed by atoms with Gasteiger partial charge in [-0.2, -0.15) is 5.10 Å². The molecular formula is C22H25ClN4O4. The van der Waals surface area contributed by atoms with E-state index >= 15 is 0 Å². The van der Waals surface area contributed by atoms with Crippen LogP contribution >= 0.6 is 11.6 Å². The van der Waals surface area contributed by atoms with Gasteiger partial charge < -0.3 is 14.1 Å². The third-order valence-electron chi connectivity index (χ3n) is 5.39. The highest BCUT2D eigenvalue weighted by atomic mass is 35.5. The van der Waals surface area contributed by atoms with Gasteiger partial charge in [0.25, 0.3) is 5.91 Å². The fourth-order valence-corrected chi connectivity index (χ4v) is 3.89. The minimum absolute atomic E-state index is 0.00652. The lowest BCUT2D eigenvalue weighted by atomic mass is 10.0. The monoisotopic (exact) mass is 444 g/mol. The third-order valence-corrected chi connectivity index (χ3v) is 5.64. The molecule has 31 heavy (non-hydrogen) atoms. The lowest BCUT2D eigenvalue weighted by Crippen LogP contribution is -2.46. The first-order chi connectivity index (χ1) is 15.0. The van der Waals surface area contributed by atoms with E-state index in [1.54, 1.807) is 41.3 Å². The lowest BCUT2D eigenvalue weighted by Gasteiger charge is -2.29. The smallest absolute Gasteiger partial charge is 0.257 e. The molecule has 0 spiro atoms. The molecule has 4 rings (SSSR count). The molecule has 2 aromatic rings. The first-order valence-electron chi connectivity index (χ1n) is 10.2. The van der Waals surface area contributed by atoms with E-state index in [-0.39, 0.29) is 30.9 Å². The standard InChI is InChI=1S/C22H25ClN4O4/c1-25(14-21(28)26-8-11-30-12-9-26)15-22(29)27-19(20-3-2-10-31-20)13-18(24-27)16-4-6-17(23)7-5-16/h2-7,10,19H,8-9,11-15H2,1H3/t19-/m1/s1. The summed E-state index contributed by atoms with van der Waals surface area (Å²) in [5.41, 5.74) is 1.70. The van der Waals surface area contributed by atoms with E-state index in [0.29, 0.717) is 43.5 Å². The van der Waals surface area contributed by atoms with Crippen LogP contribution in [0.2, 0.25) is 5.02 Å². The third kappa shape index (κ3) is 5.15. The summed E-state index contributed by atoms with van der Waals surface area (Å²) in [5, 5.41) is 6.72. The van der Waals surface area contributed by atoms with Crippen LogP contribution < -0.4 is 0 Å². The van der Waals surface area contributed by atoms with Crippen LogP contribution in [0.4, 0.5) is 0 Å². The minimum atomic E-state index is -0.323. The number of amides is 2. The van der Waals surface area contributed by atoms with Crippen molar-refractivity contribution in [2.75, 3.05) is 46.4 Å². The molecule has 1 aromatic carbocycles. The molecule has 0 unspecified atom stereocenters. The van der Waals surface area contributed by atoms with Gasteiger partial charge in [-0.1, -0.05) is 23.7 Å². The number of likely N-dealkylation sites (N-methyl/N-ethyl adjacent to an activating group) is 1. The molecule has 1 atom stereocenters. The Balaban J connectivity index is 1.45. The highest BCUT2D eigenvalue weighted by molar-refractivity contribution is 6.30. The second kappa shape index (κ2) is 9.64. The first kappa shape index (κ1) is 21.5. The average molecular weight is 445 g/mol. The molecule has 8 nitrogen and oxygen atoms in total. The number of nitrogens with zero attached hydrogens (tertiary/aromatic N) is 4. The molecule has 0 bridgehead atoms. The van der Waals surface area contributed by atoms with Crippen molar-refractivity contribution < 1.29 is 18.7 Å². The molecule has 3 heterocycles. The van der Waals surface area contributed by atoms with Crippen molar-refractivity contribution in [3.8, 4) is 0 Å². The number of furan rings is 1. The predicted octanol–water partition coefficient (Wildman–Crippen LogP) is 2.40. The zero-order valence-corrected chi connectivity index (χ0v) is 18.1. The van der Waals surface area contributed by atoms with E-state index in [1.807, 2.05) is 18.2 Å². The van der Waals surface area contributed by atoms with Gasteiger partial charge in [-0.25, -0.2) is 5.01 Å². The molecule has 1 aromatic heterocycles. The van der Waals surface area contributed by atoms with Crippen LogP contribution in [0.3, 0.4) is 0 Å². The van der Waals surface area contributed by atoms with Crippen LogP contribution in [-0.2, 0) is 14.3 Å². The Morgan fingerprint density at radius 2 is 1.84 bits per heavy atom. The molecule has 164 valence electrons. The van der Waals surface area contributed by atoms with Crippen molar-refractivity contribution in [1.29, 1.82) is 0 Å². The Morgan fingerprint density at radius 3 is 2.52 bits per heavy atom. The van der Waals surface area contributed by atoms with Crippen molar-refractivity contribution in [2.45, 2.75) is 12.5 Å². The van der Waals surface area contributed by atoms with Crippen molar-refractivity contribution in [3.05, 3.63) is 59.0 Å². The summed E-state index contributed by atoms with van der Waals surface area (Å²) in [6.07, 6.45) is 2.13. The Hall–Kier alpha value is -2.68. The van der Waals surface area contributed by atoms with E-state index in [9.17, 15) is 9.59 Å². The van der Waals surface area contributed by atoms with Gasteiger partial charge in [-0.15, -0.1) is 0 Å². The minimum Gasteiger partial charge on any atom is -0.467 e. The van der Waals surface area contributed by atoms with Gasteiger partial charge in [0.2, 0.25) is 5.91 Å². The predicted molar refractivity (Wildman–Crippen MR) is 116 cm³/mol. The number of rotatable bonds is 6. The summed E-state index contributed by atoms with van der Waals surface area (Å²) < 4.78 is 10.9. The number of benzene rings is 1. The number of hydrazone groups is 1. The van der Waals surface area contributed by atoms with Gasteiger partial charge in [-0.05, 0) is 36.9 Å². The van der Waals surface area contributed by atoms with Gasteiger partial charge in [0, 0.05) is 24.5 Å². The maximum atomic E-state index is 13.1. The van der Waals surface area contributed by atoms with Gasteiger partial charge in [0.15, 0.2) is 0 Å². The first-order valence-corrected chi connectivity index (χ1v) is 10.6. The van der Waals surface area contributed by atoms with Crippen molar-refractivity contribution in [2.24, 2.45) is 5.10 Å². The van der Waals surface area contributed by atoms with Crippen molar-refractivity contribution in [1.82, 2.24) is 14.8 Å². The summed E-state index contributed by atoms with van der Waals surface area (Å²) in [4.78, 5) is 29.1. The number of ether oxygens (including phenoxy) is 1. The number of halogens is 1. The fraction of sp³-hybridized carbons (Fsp3) is 0.409. The Labute approximate surface area is 186 Å². The molecule has 1 saturated heterocycles. The number of carbonyl (C=O) groups excluding carboxylic acids is 2. The highest BCUT2D eigenvalue weighted by Crippen LogP contribution is 2.33. The van der Waals surface area contributed by atoms with E-state index in [4.69, 9.17) is 20.8 Å². The number of hydrogen-bond acceptors (Lipinski definition) is 6. The quantitative estimate of drug-likeness (QED) is 0.683. The maximum absolute atomic E-state index is 13.1. The zero-order chi connectivity index (χ0) is 21.8. The highest BCUT2D eigenvalue weighted by Gasteiger charge is 2.35. The van der Waals surface area contributed by atoms with Crippen LogP contribution in [0.5, 0.6) is 0 Å². The van der Waals surface area contributed by atoms with E-state index < -0.39 is 0 Å². The normalized spacial score (nSPS) is 19.1. The van der Waals surface area contributed by atoms with Crippen molar-refractivity contribution >= 4 is 29.1 Å². The summed E-state index contributed by atoms with van der Waals surface area (Å²) >= 11 is 6.00. The summed E-state index contributed by atoms with van der Waals surface area (Å²) in [7, 11) is 1.76. The number of hydrogen-bond donors (Lipinski definition) is 0.